The molecular formula is C34H63IN4O6. The molecule has 0 aliphatic carbocycles. The highest BCUT2D eigenvalue weighted by Gasteiger charge is 2.15. The normalized spacial score (nSPS) is 10.9. The van der Waals surface area contributed by atoms with E-state index < -0.39 is 18.3 Å². The predicted octanol–water partition coefficient (Wildman–Crippen LogP) is 3.83. The number of unbranched alkanes of at least 4 members (excludes halogenated alkanes) is 15. The van der Waals surface area contributed by atoms with Crippen LogP contribution in [0.25, 0.3) is 0 Å². The van der Waals surface area contributed by atoms with Gasteiger partial charge >= 0.3 is 18.1 Å². The van der Waals surface area contributed by atoms with Crippen molar-refractivity contribution in [1.82, 2.24) is 10.6 Å². The van der Waals surface area contributed by atoms with Gasteiger partial charge in [0.05, 0.1) is 0 Å². The molecule has 0 saturated carbocycles. The summed E-state index contributed by atoms with van der Waals surface area (Å²) in [6.45, 7) is 8.25. The zero-order valence-electron chi connectivity index (χ0n) is 28.6. The van der Waals surface area contributed by atoms with Gasteiger partial charge in [-0.1, -0.05) is 103 Å². The molecule has 0 aromatic carbocycles. The van der Waals surface area contributed by atoms with E-state index >= 15 is 0 Å². The number of amides is 3. The lowest BCUT2D eigenvalue weighted by molar-refractivity contribution is -0.695. The van der Waals surface area contributed by atoms with Crippen LogP contribution in [0.3, 0.4) is 0 Å². The van der Waals surface area contributed by atoms with Gasteiger partial charge < -0.3 is 54.6 Å². The minimum Gasteiger partial charge on any atom is -1.00 e. The van der Waals surface area contributed by atoms with E-state index in [-0.39, 0.29) is 43.1 Å². The molecule has 0 spiro atoms. The van der Waals surface area contributed by atoms with Crippen LogP contribution in [-0.4, -0.2) is 57.6 Å². The summed E-state index contributed by atoms with van der Waals surface area (Å²) in [4.78, 5) is 33.7. The zero-order chi connectivity index (χ0) is 32.7. The summed E-state index contributed by atoms with van der Waals surface area (Å²) < 4.78 is 16.6. The quantitative estimate of drug-likeness (QED) is 0.0792. The molecular weight excluding hydrogens is 687 g/mol. The zero-order valence-corrected chi connectivity index (χ0v) is 30.7. The molecule has 0 fully saturated rings. The van der Waals surface area contributed by atoms with Gasteiger partial charge in [0.15, 0.2) is 6.20 Å². The number of nitrogens with two attached hydrogens (primary N) is 1. The number of aryl methyl sites for hydroxylation is 1. The molecule has 11 heteroatoms. The Kier molecular flexibility index (Phi) is 33.2. The fourth-order valence-electron chi connectivity index (χ4n) is 4.65. The summed E-state index contributed by atoms with van der Waals surface area (Å²) in [5, 5.41) is 5.50. The maximum absolute atomic E-state index is 11.6. The highest BCUT2D eigenvalue weighted by Crippen LogP contribution is 2.13. The van der Waals surface area contributed by atoms with Gasteiger partial charge in [-0.3, -0.25) is 4.79 Å². The van der Waals surface area contributed by atoms with Gasteiger partial charge in [0.1, 0.15) is 25.9 Å². The number of aromatic nitrogens is 1. The molecule has 1 unspecified atom stereocenters. The van der Waals surface area contributed by atoms with Crippen molar-refractivity contribution in [3.63, 3.8) is 0 Å². The Bertz CT molecular complexity index is 862. The number of halogens is 1. The number of hydrogen-bond acceptors (Lipinski definition) is 6. The monoisotopic (exact) mass is 750 g/mol. The van der Waals surface area contributed by atoms with Gasteiger partial charge in [-0.05, 0) is 26.3 Å². The van der Waals surface area contributed by atoms with Crippen LogP contribution in [0.15, 0.2) is 24.4 Å². The summed E-state index contributed by atoms with van der Waals surface area (Å²) in [7, 11) is 1.45. The molecule has 0 radical (unpaired) electrons. The highest BCUT2D eigenvalue weighted by molar-refractivity contribution is 5.90. The lowest BCUT2D eigenvalue weighted by Gasteiger charge is -2.15. The van der Waals surface area contributed by atoms with E-state index in [0.29, 0.717) is 18.8 Å². The minimum absolute atomic E-state index is 0. The topological polar surface area (TPSA) is 133 Å². The third kappa shape index (κ3) is 27.8. The van der Waals surface area contributed by atoms with Gasteiger partial charge in [-0.25, -0.2) is 9.59 Å². The van der Waals surface area contributed by atoms with Crippen molar-refractivity contribution in [3.05, 3.63) is 30.1 Å². The summed E-state index contributed by atoms with van der Waals surface area (Å²) in [6.07, 6.45) is 21.2. The third-order valence-corrected chi connectivity index (χ3v) is 7.30. The smallest absolute Gasteiger partial charge is 0.407 e. The Morgan fingerprint density at radius 3 is 1.73 bits per heavy atom. The molecule has 0 bridgehead atoms. The largest absolute Gasteiger partial charge is 1.00 e. The van der Waals surface area contributed by atoms with Crippen molar-refractivity contribution < 1.29 is 57.1 Å². The van der Waals surface area contributed by atoms with Crippen molar-refractivity contribution in [2.75, 3.05) is 33.4 Å². The molecule has 1 atom stereocenters. The number of pyridine rings is 1. The maximum Gasteiger partial charge on any atom is 0.407 e. The first-order valence-electron chi connectivity index (χ1n) is 17.0. The molecule has 4 N–H and O–H groups in total. The van der Waals surface area contributed by atoms with Crippen LogP contribution in [0.1, 0.15) is 134 Å². The minimum atomic E-state index is -0.880. The number of hydrogen-bond donors (Lipinski definition) is 3. The second kappa shape index (κ2) is 33.2. The van der Waals surface area contributed by atoms with Gasteiger partial charge in [0.2, 0.25) is 0 Å². The Hall–Kier alpha value is -2.15. The van der Waals surface area contributed by atoms with Gasteiger partial charge in [0.25, 0.3) is 5.69 Å². The average Bonchev–Trinajstić information content (AvgIpc) is 3.02. The first-order chi connectivity index (χ1) is 21.4. The standard InChI is InChI=1S/C24H48N2O5.C10H14N2O.HI/c1-3-4-5-6-7-8-9-10-11-12-13-14-15-16-17-18-19-26-24(28)31-21-22(29-2)20-30-23(25)27;1-3-11-10(13)9-7-5-6-8-12(9)4-2;/h22H,3-21H2,1-2H3,(H2,25,27)(H,26,28);5-8H,3-4H2,1-2H3;1H. The van der Waals surface area contributed by atoms with E-state index in [4.69, 9.17) is 15.2 Å². The number of carbonyl (C=O) groups excluding carboxylic acids is 3. The number of nitrogens with zero attached hydrogens (tertiary/aromatic N) is 1. The molecule has 10 nitrogen and oxygen atoms in total. The van der Waals surface area contributed by atoms with Crippen LogP contribution < -0.4 is 44.9 Å². The van der Waals surface area contributed by atoms with Crippen LogP contribution >= 0.6 is 0 Å². The number of nitrogens with one attached hydrogen (secondary N) is 2. The third-order valence-electron chi connectivity index (χ3n) is 7.30. The molecule has 1 rings (SSSR count). The Balaban J connectivity index is 0. The Morgan fingerprint density at radius 1 is 0.756 bits per heavy atom. The summed E-state index contributed by atoms with van der Waals surface area (Å²) >= 11 is 0. The molecule has 262 valence electrons. The number of ether oxygens (including phenoxy) is 3. The molecule has 45 heavy (non-hydrogen) atoms. The molecule has 0 aliphatic rings. The summed E-state index contributed by atoms with van der Waals surface area (Å²) in [5.41, 5.74) is 5.61. The second-order valence-electron chi connectivity index (χ2n) is 11.0. The van der Waals surface area contributed by atoms with E-state index in [1.54, 1.807) is 0 Å². The lowest BCUT2D eigenvalue weighted by atomic mass is 10.0. The van der Waals surface area contributed by atoms with Crippen molar-refractivity contribution in [2.24, 2.45) is 5.73 Å². The number of carbonyl (C=O) groups is 3. The molecule has 0 aliphatic heterocycles. The van der Waals surface area contributed by atoms with Gasteiger partial charge in [0, 0.05) is 32.3 Å². The number of alkyl carbamates (subject to hydrolysis) is 1. The fourth-order valence-corrected chi connectivity index (χ4v) is 4.65. The van der Waals surface area contributed by atoms with Crippen LogP contribution in [0.2, 0.25) is 0 Å². The molecule has 1 aromatic heterocycles. The Morgan fingerprint density at radius 2 is 1.27 bits per heavy atom. The fraction of sp³-hybridized carbons (Fsp3) is 0.765. The molecule has 3 amide bonds. The average molecular weight is 751 g/mol. The van der Waals surface area contributed by atoms with Crippen molar-refractivity contribution in [2.45, 2.75) is 136 Å². The number of primary amides is 1. The van der Waals surface area contributed by atoms with Crippen LogP contribution in [0, 0.1) is 0 Å². The molecule has 1 heterocycles. The molecule has 0 saturated heterocycles. The number of methoxy groups -OCH3 is 1. The molecule has 1 aromatic rings. The SMILES string of the molecule is CCCCCCCCCCCCCCCCCCNC(=O)OCC(COC(N)=O)OC.CCNC(=O)c1cccc[n+]1CC.[I-]. The Labute approximate surface area is 290 Å². The van der Waals surface area contributed by atoms with Crippen molar-refractivity contribution in [1.29, 1.82) is 0 Å². The van der Waals surface area contributed by atoms with E-state index in [1.165, 1.54) is 97.0 Å². The van der Waals surface area contributed by atoms with E-state index in [0.717, 1.165) is 19.4 Å². The van der Waals surface area contributed by atoms with Crippen molar-refractivity contribution in [3.8, 4) is 0 Å². The van der Waals surface area contributed by atoms with Crippen molar-refractivity contribution >= 4 is 18.1 Å². The van der Waals surface area contributed by atoms with Crippen LogP contribution in [0.5, 0.6) is 0 Å². The van der Waals surface area contributed by atoms with Gasteiger partial charge in [-0.2, -0.15) is 4.57 Å². The number of rotatable bonds is 25. The van der Waals surface area contributed by atoms with Crippen LogP contribution in [0.4, 0.5) is 9.59 Å². The predicted molar refractivity (Wildman–Crippen MR) is 176 cm³/mol. The van der Waals surface area contributed by atoms with Crippen LogP contribution in [-0.2, 0) is 20.8 Å². The first-order valence-corrected chi connectivity index (χ1v) is 17.0. The second-order valence-corrected chi connectivity index (χ2v) is 11.0. The maximum atomic E-state index is 11.6. The van der Waals surface area contributed by atoms with E-state index in [2.05, 4.69) is 22.3 Å². The summed E-state index contributed by atoms with van der Waals surface area (Å²) in [5.74, 6) is -0.00931. The van der Waals surface area contributed by atoms with E-state index in [9.17, 15) is 14.4 Å². The lowest BCUT2D eigenvalue weighted by Crippen LogP contribution is -3.00. The summed E-state index contributed by atoms with van der Waals surface area (Å²) in [6, 6.07) is 5.62. The van der Waals surface area contributed by atoms with E-state index in [1.807, 2.05) is 42.8 Å². The first kappa shape index (κ1) is 45.0. The highest BCUT2D eigenvalue weighted by atomic mass is 127. The van der Waals surface area contributed by atoms with Gasteiger partial charge in [-0.15, -0.1) is 0 Å².